The molecule has 1 fully saturated rings. The summed E-state index contributed by atoms with van der Waals surface area (Å²) in [6.07, 6.45) is 3.49. The lowest BCUT2D eigenvalue weighted by molar-refractivity contribution is 0.0949. The maximum Gasteiger partial charge on any atom is 0.251 e. The van der Waals surface area contributed by atoms with Crippen molar-refractivity contribution in [3.05, 3.63) is 28.8 Å². The lowest BCUT2D eigenvalue weighted by Gasteiger charge is -2.28. The number of nitrogens with two attached hydrogens (primary N) is 1. The van der Waals surface area contributed by atoms with Gasteiger partial charge in [-0.15, -0.1) is 0 Å². The van der Waals surface area contributed by atoms with E-state index in [0.29, 0.717) is 16.3 Å². The first-order valence-electron chi connectivity index (χ1n) is 7.08. The second kappa shape index (κ2) is 6.95. The van der Waals surface area contributed by atoms with E-state index in [9.17, 15) is 4.79 Å². The van der Waals surface area contributed by atoms with E-state index in [-0.39, 0.29) is 5.91 Å². The Balaban J connectivity index is 1.76. The second-order valence-electron chi connectivity index (χ2n) is 5.53. The van der Waals surface area contributed by atoms with E-state index in [4.69, 9.17) is 17.3 Å². The Labute approximate surface area is 125 Å². The summed E-state index contributed by atoms with van der Waals surface area (Å²) < 4.78 is 0. The molecule has 20 heavy (non-hydrogen) atoms. The van der Waals surface area contributed by atoms with Crippen molar-refractivity contribution in [2.24, 2.45) is 5.92 Å². The van der Waals surface area contributed by atoms with Crippen molar-refractivity contribution in [2.45, 2.75) is 19.3 Å². The van der Waals surface area contributed by atoms with Crippen LogP contribution < -0.4 is 11.1 Å². The average Bonchev–Trinajstić information content (AvgIpc) is 2.44. The van der Waals surface area contributed by atoms with Crippen LogP contribution in [0, 0.1) is 5.92 Å². The third-order valence-corrected chi connectivity index (χ3v) is 4.28. The van der Waals surface area contributed by atoms with E-state index < -0.39 is 0 Å². The molecule has 0 unspecified atom stereocenters. The predicted molar refractivity (Wildman–Crippen MR) is 83.0 cm³/mol. The van der Waals surface area contributed by atoms with Crippen LogP contribution in [0.3, 0.4) is 0 Å². The molecule has 0 atom stereocenters. The molecule has 110 valence electrons. The molecule has 1 aromatic rings. The Morgan fingerprint density at radius 1 is 1.45 bits per heavy atom. The lowest BCUT2D eigenvalue weighted by atomic mass is 9.94. The Morgan fingerprint density at radius 3 is 2.80 bits per heavy atom. The maximum atomic E-state index is 12.0. The molecule has 1 heterocycles. The molecular weight excluding hydrogens is 274 g/mol. The van der Waals surface area contributed by atoms with Crippen LogP contribution in [0.5, 0.6) is 0 Å². The molecule has 1 aliphatic rings. The number of halogens is 1. The van der Waals surface area contributed by atoms with Gasteiger partial charge in [0.25, 0.3) is 5.91 Å². The van der Waals surface area contributed by atoms with Gasteiger partial charge in [0.15, 0.2) is 0 Å². The Morgan fingerprint density at radius 2 is 2.15 bits per heavy atom. The van der Waals surface area contributed by atoms with E-state index in [1.54, 1.807) is 18.2 Å². The van der Waals surface area contributed by atoms with Gasteiger partial charge < -0.3 is 16.0 Å². The summed E-state index contributed by atoms with van der Waals surface area (Å²) in [5.41, 5.74) is 6.70. The van der Waals surface area contributed by atoms with E-state index >= 15 is 0 Å². The number of carbonyl (C=O) groups excluding carboxylic acids is 1. The molecule has 2 rings (SSSR count). The van der Waals surface area contributed by atoms with Crippen LogP contribution in [0.15, 0.2) is 18.2 Å². The first kappa shape index (κ1) is 15.1. The molecule has 0 saturated carbocycles. The van der Waals surface area contributed by atoms with Crippen LogP contribution in [0.1, 0.15) is 29.6 Å². The zero-order valence-corrected chi connectivity index (χ0v) is 12.6. The summed E-state index contributed by atoms with van der Waals surface area (Å²) in [6, 6.07) is 4.97. The fourth-order valence-electron chi connectivity index (χ4n) is 2.53. The zero-order valence-electron chi connectivity index (χ0n) is 11.9. The van der Waals surface area contributed by atoms with Gasteiger partial charge in [-0.05, 0) is 63.5 Å². The number of benzene rings is 1. The Kier molecular flexibility index (Phi) is 5.26. The van der Waals surface area contributed by atoms with Crippen LogP contribution >= 0.6 is 11.6 Å². The molecular formula is C15H22ClN3O. The molecule has 5 heteroatoms. The number of nitrogens with zero attached hydrogens (tertiary/aromatic N) is 1. The third kappa shape index (κ3) is 4.12. The van der Waals surface area contributed by atoms with Gasteiger partial charge in [-0.3, -0.25) is 4.79 Å². The van der Waals surface area contributed by atoms with E-state index in [0.717, 1.165) is 32.0 Å². The number of piperidine rings is 1. The van der Waals surface area contributed by atoms with Gasteiger partial charge >= 0.3 is 0 Å². The third-order valence-electron chi connectivity index (χ3n) is 3.93. The topological polar surface area (TPSA) is 58.4 Å². The number of amides is 1. The van der Waals surface area contributed by atoms with Crippen molar-refractivity contribution in [3.8, 4) is 0 Å². The predicted octanol–water partition coefficient (Wildman–Crippen LogP) is 2.38. The molecule has 1 aromatic carbocycles. The van der Waals surface area contributed by atoms with Gasteiger partial charge in [-0.2, -0.15) is 0 Å². The molecule has 0 spiro atoms. The number of hydrogen-bond acceptors (Lipinski definition) is 3. The van der Waals surface area contributed by atoms with Crippen molar-refractivity contribution in [3.63, 3.8) is 0 Å². The minimum atomic E-state index is -0.0821. The summed E-state index contributed by atoms with van der Waals surface area (Å²) in [5.74, 6) is 0.642. The van der Waals surface area contributed by atoms with Crippen molar-refractivity contribution < 1.29 is 4.79 Å². The fourth-order valence-corrected chi connectivity index (χ4v) is 2.65. The summed E-state index contributed by atoms with van der Waals surface area (Å²) in [6.45, 7) is 3.04. The first-order chi connectivity index (χ1) is 9.56. The van der Waals surface area contributed by atoms with E-state index in [1.165, 1.54) is 12.8 Å². The van der Waals surface area contributed by atoms with Gasteiger partial charge in [0.05, 0.1) is 10.7 Å². The molecule has 0 bridgehead atoms. The first-order valence-corrected chi connectivity index (χ1v) is 7.46. The lowest BCUT2D eigenvalue weighted by Crippen LogP contribution is -2.32. The summed E-state index contributed by atoms with van der Waals surface area (Å²) >= 11 is 5.84. The minimum absolute atomic E-state index is 0.0821. The summed E-state index contributed by atoms with van der Waals surface area (Å²) in [5, 5.41) is 3.43. The molecule has 0 aromatic heterocycles. The van der Waals surface area contributed by atoms with Crippen molar-refractivity contribution in [1.29, 1.82) is 0 Å². The molecule has 0 aliphatic carbocycles. The van der Waals surface area contributed by atoms with E-state index in [1.807, 2.05) is 0 Å². The van der Waals surface area contributed by atoms with Crippen LogP contribution in [0.4, 0.5) is 5.69 Å². The van der Waals surface area contributed by atoms with Gasteiger partial charge in [0.1, 0.15) is 0 Å². The standard InChI is InChI=1S/C15H22ClN3O/c1-19-8-5-11(6-9-19)4-7-18-15(20)12-2-3-13(16)14(17)10-12/h2-3,10-11H,4-9,17H2,1H3,(H,18,20). The molecule has 0 radical (unpaired) electrons. The Hall–Kier alpha value is -1.26. The van der Waals surface area contributed by atoms with Gasteiger partial charge in [0, 0.05) is 12.1 Å². The highest BCUT2D eigenvalue weighted by molar-refractivity contribution is 6.33. The van der Waals surface area contributed by atoms with Gasteiger partial charge in [0.2, 0.25) is 0 Å². The van der Waals surface area contributed by atoms with Crippen LogP contribution in [-0.2, 0) is 0 Å². The minimum Gasteiger partial charge on any atom is -0.398 e. The number of anilines is 1. The maximum absolute atomic E-state index is 12.0. The number of nitrogen functional groups attached to an aromatic ring is 1. The molecule has 1 amide bonds. The van der Waals surface area contributed by atoms with Gasteiger partial charge in [-0.25, -0.2) is 0 Å². The van der Waals surface area contributed by atoms with E-state index in [2.05, 4.69) is 17.3 Å². The van der Waals surface area contributed by atoms with Gasteiger partial charge in [-0.1, -0.05) is 11.6 Å². The highest BCUT2D eigenvalue weighted by Gasteiger charge is 2.16. The summed E-state index contributed by atoms with van der Waals surface area (Å²) in [7, 11) is 2.16. The monoisotopic (exact) mass is 295 g/mol. The largest absolute Gasteiger partial charge is 0.398 e. The molecule has 3 N–H and O–H groups in total. The number of carbonyl (C=O) groups is 1. The zero-order chi connectivity index (χ0) is 14.5. The second-order valence-corrected chi connectivity index (χ2v) is 5.93. The molecule has 1 aliphatic heterocycles. The Bertz CT molecular complexity index is 470. The highest BCUT2D eigenvalue weighted by atomic mass is 35.5. The number of nitrogens with one attached hydrogen (secondary N) is 1. The number of hydrogen-bond donors (Lipinski definition) is 2. The van der Waals surface area contributed by atoms with Crippen molar-refractivity contribution in [1.82, 2.24) is 10.2 Å². The molecule has 4 nitrogen and oxygen atoms in total. The smallest absolute Gasteiger partial charge is 0.251 e. The van der Waals surface area contributed by atoms with Crippen LogP contribution in [0.25, 0.3) is 0 Å². The fraction of sp³-hybridized carbons (Fsp3) is 0.533. The SMILES string of the molecule is CN1CCC(CCNC(=O)c2ccc(Cl)c(N)c2)CC1. The summed E-state index contributed by atoms with van der Waals surface area (Å²) in [4.78, 5) is 14.3. The van der Waals surface area contributed by atoms with Crippen LogP contribution in [0.2, 0.25) is 5.02 Å². The van der Waals surface area contributed by atoms with Crippen LogP contribution in [-0.4, -0.2) is 37.5 Å². The number of rotatable bonds is 4. The average molecular weight is 296 g/mol. The number of likely N-dealkylation sites (tertiary alicyclic amines) is 1. The normalized spacial score (nSPS) is 17.1. The highest BCUT2D eigenvalue weighted by Crippen LogP contribution is 2.20. The molecule has 1 saturated heterocycles. The quantitative estimate of drug-likeness (QED) is 0.839. The van der Waals surface area contributed by atoms with Crippen molar-refractivity contribution in [2.75, 3.05) is 32.4 Å². The van der Waals surface area contributed by atoms with Crippen molar-refractivity contribution >= 4 is 23.2 Å².